The van der Waals surface area contributed by atoms with E-state index in [4.69, 9.17) is 4.74 Å². The summed E-state index contributed by atoms with van der Waals surface area (Å²) in [5, 5.41) is 0. The van der Waals surface area contributed by atoms with E-state index in [1.807, 2.05) is 12.1 Å². The SMILES string of the molecule is COc1ccc(S(=O)(=O)Nc2ccc3c(c2)CCC(=O)N3CC(C)C)cc1C. The molecule has 7 heteroatoms. The number of carbonyl (C=O) groups excluding carboxylic acids is 1. The smallest absolute Gasteiger partial charge is 0.261 e. The van der Waals surface area contributed by atoms with Gasteiger partial charge in [-0.25, -0.2) is 8.42 Å². The van der Waals surface area contributed by atoms with Crippen molar-refractivity contribution in [2.75, 3.05) is 23.3 Å². The highest BCUT2D eigenvalue weighted by molar-refractivity contribution is 7.92. The Labute approximate surface area is 166 Å². The van der Waals surface area contributed by atoms with Gasteiger partial charge in [-0.15, -0.1) is 0 Å². The van der Waals surface area contributed by atoms with Gasteiger partial charge in [-0.2, -0.15) is 0 Å². The van der Waals surface area contributed by atoms with Gasteiger partial charge in [-0.3, -0.25) is 9.52 Å². The van der Waals surface area contributed by atoms with Crippen molar-refractivity contribution >= 4 is 27.3 Å². The topological polar surface area (TPSA) is 75.7 Å². The standard InChI is InChI=1S/C21H26N2O4S/c1-14(2)13-23-19-8-6-17(12-16(19)5-10-21(23)24)22-28(25,26)18-7-9-20(27-4)15(3)11-18/h6-9,11-12,14,22H,5,10,13H2,1-4H3. The lowest BCUT2D eigenvalue weighted by atomic mass is 9.99. The first-order valence-electron chi connectivity index (χ1n) is 9.32. The predicted octanol–water partition coefficient (Wildman–Crippen LogP) is 3.74. The van der Waals surface area contributed by atoms with E-state index in [0.717, 1.165) is 16.8 Å². The zero-order chi connectivity index (χ0) is 20.5. The Morgan fingerprint density at radius 2 is 1.89 bits per heavy atom. The number of benzene rings is 2. The van der Waals surface area contributed by atoms with E-state index >= 15 is 0 Å². The number of methoxy groups -OCH3 is 1. The highest BCUT2D eigenvalue weighted by Crippen LogP contribution is 2.32. The van der Waals surface area contributed by atoms with Gasteiger partial charge in [-0.05, 0) is 66.8 Å². The summed E-state index contributed by atoms with van der Waals surface area (Å²) in [7, 11) is -2.17. The van der Waals surface area contributed by atoms with Gasteiger partial charge >= 0.3 is 0 Å². The minimum atomic E-state index is -3.72. The van der Waals surface area contributed by atoms with Gasteiger partial charge in [-0.1, -0.05) is 13.8 Å². The van der Waals surface area contributed by atoms with Crippen LogP contribution in [0.2, 0.25) is 0 Å². The normalized spacial score (nSPS) is 14.2. The first-order chi connectivity index (χ1) is 13.2. The van der Waals surface area contributed by atoms with Gasteiger partial charge in [0.1, 0.15) is 5.75 Å². The number of anilines is 2. The van der Waals surface area contributed by atoms with E-state index in [9.17, 15) is 13.2 Å². The van der Waals surface area contributed by atoms with E-state index in [0.29, 0.717) is 36.7 Å². The second-order valence-electron chi connectivity index (χ2n) is 7.48. The highest BCUT2D eigenvalue weighted by atomic mass is 32.2. The minimum Gasteiger partial charge on any atom is -0.496 e. The Balaban J connectivity index is 1.87. The first-order valence-corrected chi connectivity index (χ1v) is 10.8. The van der Waals surface area contributed by atoms with Crippen LogP contribution in [0.25, 0.3) is 0 Å². The zero-order valence-electron chi connectivity index (χ0n) is 16.7. The molecule has 1 heterocycles. The van der Waals surface area contributed by atoms with Gasteiger partial charge in [0.05, 0.1) is 12.0 Å². The molecular weight excluding hydrogens is 376 g/mol. The van der Waals surface area contributed by atoms with Gasteiger partial charge < -0.3 is 9.64 Å². The fraction of sp³-hybridized carbons (Fsp3) is 0.381. The fourth-order valence-electron chi connectivity index (χ4n) is 3.42. The number of nitrogens with zero attached hydrogens (tertiary/aromatic N) is 1. The lowest BCUT2D eigenvalue weighted by molar-refractivity contribution is -0.119. The van der Waals surface area contributed by atoms with Crippen molar-refractivity contribution in [3.8, 4) is 5.75 Å². The molecule has 0 bridgehead atoms. The highest BCUT2D eigenvalue weighted by Gasteiger charge is 2.25. The van der Waals surface area contributed by atoms with Crippen LogP contribution in [0.1, 0.15) is 31.4 Å². The van der Waals surface area contributed by atoms with Crippen molar-refractivity contribution in [3.05, 3.63) is 47.5 Å². The van der Waals surface area contributed by atoms with E-state index < -0.39 is 10.0 Å². The van der Waals surface area contributed by atoms with Crippen LogP contribution >= 0.6 is 0 Å². The average Bonchev–Trinajstić information content (AvgIpc) is 2.63. The maximum absolute atomic E-state index is 12.8. The maximum Gasteiger partial charge on any atom is 0.261 e. The number of nitrogens with one attached hydrogen (secondary N) is 1. The quantitative estimate of drug-likeness (QED) is 0.799. The molecule has 0 saturated carbocycles. The Morgan fingerprint density at radius 3 is 2.54 bits per heavy atom. The number of sulfonamides is 1. The zero-order valence-corrected chi connectivity index (χ0v) is 17.5. The molecule has 0 fully saturated rings. The molecule has 6 nitrogen and oxygen atoms in total. The fourth-order valence-corrected chi connectivity index (χ4v) is 4.56. The number of ether oxygens (including phenoxy) is 1. The van der Waals surface area contributed by atoms with Crippen LogP contribution in [0, 0.1) is 12.8 Å². The molecule has 1 aliphatic heterocycles. The molecule has 0 aliphatic carbocycles. The molecule has 2 aromatic carbocycles. The third-order valence-corrected chi connectivity index (χ3v) is 6.14. The number of hydrogen-bond acceptors (Lipinski definition) is 4. The third-order valence-electron chi connectivity index (χ3n) is 4.76. The van der Waals surface area contributed by atoms with Crippen LogP contribution in [0.5, 0.6) is 5.75 Å². The minimum absolute atomic E-state index is 0.114. The van der Waals surface area contributed by atoms with E-state index in [1.165, 1.54) is 6.07 Å². The Hall–Kier alpha value is -2.54. The van der Waals surface area contributed by atoms with Crippen molar-refractivity contribution in [2.24, 2.45) is 5.92 Å². The van der Waals surface area contributed by atoms with Crippen LogP contribution in [-0.4, -0.2) is 28.0 Å². The Kier molecular flexibility index (Phi) is 5.65. The molecule has 0 atom stereocenters. The summed E-state index contributed by atoms with van der Waals surface area (Å²) in [6.07, 6.45) is 1.05. The molecule has 150 valence electrons. The van der Waals surface area contributed by atoms with E-state index in [-0.39, 0.29) is 10.8 Å². The molecule has 1 aliphatic rings. The second-order valence-corrected chi connectivity index (χ2v) is 9.16. The molecule has 0 spiro atoms. The van der Waals surface area contributed by atoms with E-state index in [1.54, 1.807) is 37.1 Å². The molecule has 0 unspecified atom stereocenters. The van der Waals surface area contributed by atoms with Gasteiger partial charge in [0.15, 0.2) is 0 Å². The van der Waals surface area contributed by atoms with Crippen LogP contribution in [0.15, 0.2) is 41.3 Å². The number of rotatable bonds is 6. The number of hydrogen-bond donors (Lipinski definition) is 1. The van der Waals surface area contributed by atoms with Crippen molar-refractivity contribution < 1.29 is 17.9 Å². The summed E-state index contributed by atoms with van der Waals surface area (Å²) in [5.74, 6) is 1.11. The molecule has 0 aromatic heterocycles. The summed E-state index contributed by atoms with van der Waals surface area (Å²) in [6.45, 7) is 6.60. The summed E-state index contributed by atoms with van der Waals surface area (Å²) >= 11 is 0. The monoisotopic (exact) mass is 402 g/mol. The Bertz CT molecular complexity index is 999. The summed E-state index contributed by atoms with van der Waals surface area (Å²) < 4.78 is 33.4. The van der Waals surface area contributed by atoms with Crippen molar-refractivity contribution in [2.45, 2.75) is 38.5 Å². The maximum atomic E-state index is 12.8. The van der Waals surface area contributed by atoms with Crippen LogP contribution in [0.3, 0.4) is 0 Å². The van der Waals surface area contributed by atoms with Gasteiger partial charge in [0.2, 0.25) is 5.91 Å². The van der Waals surface area contributed by atoms with Gasteiger partial charge in [0.25, 0.3) is 10.0 Å². The third kappa shape index (κ3) is 4.14. The van der Waals surface area contributed by atoms with Crippen LogP contribution in [-0.2, 0) is 21.2 Å². The molecule has 0 saturated heterocycles. The molecule has 2 aromatic rings. The van der Waals surface area contributed by atoms with Crippen LogP contribution < -0.4 is 14.4 Å². The first kappa shape index (κ1) is 20.2. The lowest BCUT2D eigenvalue weighted by Gasteiger charge is -2.31. The number of carbonyl (C=O) groups is 1. The second kappa shape index (κ2) is 7.83. The molecule has 1 amide bonds. The lowest BCUT2D eigenvalue weighted by Crippen LogP contribution is -2.37. The molecule has 3 rings (SSSR count). The Morgan fingerprint density at radius 1 is 1.14 bits per heavy atom. The summed E-state index contributed by atoms with van der Waals surface area (Å²) in [6, 6.07) is 10.1. The number of fused-ring (bicyclic) bond motifs is 1. The molecule has 1 N–H and O–H groups in total. The number of aryl methyl sites for hydroxylation is 2. The predicted molar refractivity (Wildman–Crippen MR) is 110 cm³/mol. The van der Waals surface area contributed by atoms with Crippen molar-refractivity contribution in [1.29, 1.82) is 0 Å². The van der Waals surface area contributed by atoms with Crippen molar-refractivity contribution in [3.63, 3.8) is 0 Å². The molecule has 0 radical (unpaired) electrons. The van der Waals surface area contributed by atoms with Gasteiger partial charge in [0, 0.05) is 24.3 Å². The molecular formula is C21H26N2O4S. The van der Waals surface area contributed by atoms with Crippen molar-refractivity contribution in [1.82, 2.24) is 0 Å². The number of amides is 1. The summed E-state index contributed by atoms with van der Waals surface area (Å²) in [4.78, 5) is 14.3. The summed E-state index contributed by atoms with van der Waals surface area (Å²) in [5.41, 5.74) is 3.09. The van der Waals surface area contributed by atoms with E-state index in [2.05, 4.69) is 18.6 Å². The largest absolute Gasteiger partial charge is 0.496 e. The molecule has 28 heavy (non-hydrogen) atoms. The van der Waals surface area contributed by atoms with Crippen LogP contribution in [0.4, 0.5) is 11.4 Å². The average molecular weight is 403 g/mol.